The quantitative estimate of drug-likeness (QED) is 0.660. The van der Waals surface area contributed by atoms with E-state index in [1.807, 2.05) is 24.3 Å². The average molecular weight is 476 g/mol. The fraction of sp³-hybridized carbons (Fsp3) is 0.364. The lowest BCUT2D eigenvalue weighted by Gasteiger charge is -2.30. The van der Waals surface area contributed by atoms with Crippen molar-refractivity contribution in [1.82, 2.24) is 4.31 Å². The number of amides is 2. The highest BCUT2D eigenvalue weighted by molar-refractivity contribution is 8.02. The van der Waals surface area contributed by atoms with Crippen LogP contribution in [0.4, 0.5) is 11.4 Å². The third kappa shape index (κ3) is 3.46. The van der Waals surface area contributed by atoms with Crippen molar-refractivity contribution >= 4 is 45.0 Å². The molecule has 1 atom stereocenters. The lowest BCUT2D eigenvalue weighted by atomic mass is 10.1. The molecule has 1 N–H and O–H groups in total. The Hall–Kier alpha value is -2.56. The molecule has 4 rings (SSSR count). The van der Waals surface area contributed by atoms with Gasteiger partial charge in [0.15, 0.2) is 4.87 Å². The van der Waals surface area contributed by atoms with Crippen molar-refractivity contribution in [2.75, 3.05) is 30.4 Å². The molecule has 2 amide bonds. The van der Waals surface area contributed by atoms with Gasteiger partial charge in [-0.3, -0.25) is 14.5 Å². The highest BCUT2D eigenvalue weighted by Gasteiger charge is 2.57. The highest BCUT2D eigenvalue weighted by Crippen LogP contribution is 2.56. The zero-order valence-corrected chi connectivity index (χ0v) is 19.8. The Bertz CT molecular complexity index is 1180. The molecule has 0 bridgehead atoms. The van der Waals surface area contributed by atoms with Crippen LogP contribution in [0.2, 0.25) is 0 Å². The van der Waals surface area contributed by atoms with E-state index in [0.29, 0.717) is 25.3 Å². The first kappa shape index (κ1) is 22.6. The van der Waals surface area contributed by atoms with E-state index < -0.39 is 14.9 Å². The predicted molar refractivity (Wildman–Crippen MR) is 123 cm³/mol. The zero-order chi connectivity index (χ0) is 23.1. The lowest BCUT2D eigenvalue weighted by molar-refractivity contribution is -0.121. The Morgan fingerprint density at radius 1 is 1.22 bits per heavy atom. The van der Waals surface area contributed by atoms with Crippen LogP contribution < -0.4 is 15.0 Å². The Kier molecular flexibility index (Phi) is 5.95. The number of fused-ring (bicyclic) bond motifs is 3. The molecule has 8 nitrogen and oxygen atoms in total. The van der Waals surface area contributed by atoms with Crippen LogP contribution in [0.5, 0.6) is 5.75 Å². The molecule has 32 heavy (non-hydrogen) atoms. The zero-order valence-electron chi connectivity index (χ0n) is 18.1. The van der Waals surface area contributed by atoms with Crippen LogP contribution in [0.15, 0.2) is 52.3 Å². The van der Waals surface area contributed by atoms with Gasteiger partial charge in [-0.05, 0) is 36.8 Å². The molecule has 0 unspecified atom stereocenters. The molecule has 2 aliphatic heterocycles. The summed E-state index contributed by atoms with van der Waals surface area (Å²) in [6.07, 6.45) is 0.624. The molecule has 0 spiro atoms. The first-order chi connectivity index (χ1) is 15.3. The van der Waals surface area contributed by atoms with Crippen molar-refractivity contribution in [2.24, 2.45) is 0 Å². The number of ether oxygens (including phenoxy) is 1. The number of benzene rings is 2. The van der Waals surface area contributed by atoms with Crippen LogP contribution in [0.25, 0.3) is 0 Å². The Morgan fingerprint density at radius 3 is 2.62 bits per heavy atom. The van der Waals surface area contributed by atoms with Crippen molar-refractivity contribution in [2.45, 2.75) is 41.4 Å². The number of nitrogens with zero attached hydrogens (tertiary/aromatic N) is 2. The second-order valence-electron chi connectivity index (χ2n) is 7.49. The van der Waals surface area contributed by atoms with Crippen LogP contribution in [-0.2, 0) is 19.6 Å². The van der Waals surface area contributed by atoms with Crippen molar-refractivity contribution in [3.8, 4) is 5.75 Å². The van der Waals surface area contributed by atoms with Gasteiger partial charge in [-0.2, -0.15) is 4.31 Å². The topological polar surface area (TPSA) is 96.0 Å². The van der Waals surface area contributed by atoms with Gasteiger partial charge in [-0.1, -0.05) is 37.7 Å². The third-order valence-electron chi connectivity index (χ3n) is 5.79. The molecule has 2 aromatic carbocycles. The maximum atomic E-state index is 13.6. The highest BCUT2D eigenvalue weighted by atomic mass is 32.2. The van der Waals surface area contributed by atoms with E-state index in [4.69, 9.17) is 4.74 Å². The van der Waals surface area contributed by atoms with E-state index in [2.05, 4.69) is 5.32 Å². The summed E-state index contributed by atoms with van der Waals surface area (Å²) in [5.74, 6) is -0.160. The van der Waals surface area contributed by atoms with Gasteiger partial charge in [-0.25, -0.2) is 8.42 Å². The first-order valence-corrected chi connectivity index (χ1v) is 12.6. The van der Waals surface area contributed by atoms with Crippen LogP contribution in [0.3, 0.4) is 0 Å². The number of para-hydroxylation sites is 1. The summed E-state index contributed by atoms with van der Waals surface area (Å²) in [5, 5.41) is 2.85. The molecular weight excluding hydrogens is 450 g/mol. The van der Waals surface area contributed by atoms with E-state index >= 15 is 0 Å². The smallest absolute Gasteiger partial charge is 0.261 e. The van der Waals surface area contributed by atoms with Gasteiger partial charge in [0.2, 0.25) is 15.9 Å². The van der Waals surface area contributed by atoms with Crippen molar-refractivity contribution in [3.05, 3.63) is 42.5 Å². The van der Waals surface area contributed by atoms with E-state index in [1.165, 1.54) is 41.4 Å². The Labute approximate surface area is 192 Å². The molecule has 170 valence electrons. The SMILES string of the molecule is CCN(CC)S(=O)(=O)c1ccc(OC)c(NC(=O)[C@@]23CCC(=O)N2c2ccccc2S3)c1. The van der Waals surface area contributed by atoms with Crippen LogP contribution in [0, 0.1) is 0 Å². The molecule has 0 saturated carbocycles. The predicted octanol–water partition coefficient (Wildman–Crippen LogP) is 3.29. The first-order valence-electron chi connectivity index (χ1n) is 10.4. The fourth-order valence-corrected chi connectivity index (χ4v) is 7.07. The summed E-state index contributed by atoms with van der Waals surface area (Å²) in [4.78, 5) is 27.6. The van der Waals surface area contributed by atoms with Crippen molar-refractivity contribution < 1.29 is 22.7 Å². The molecule has 2 heterocycles. The number of methoxy groups -OCH3 is 1. The minimum Gasteiger partial charge on any atom is -0.495 e. The molecule has 1 saturated heterocycles. The lowest BCUT2D eigenvalue weighted by Crippen LogP contribution is -2.49. The maximum Gasteiger partial charge on any atom is 0.261 e. The van der Waals surface area contributed by atoms with E-state index in [-0.39, 0.29) is 28.8 Å². The van der Waals surface area contributed by atoms with E-state index in [9.17, 15) is 18.0 Å². The van der Waals surface area contributed by atoms with Gasteiger partial charge in [0, 0.05) is 24.4 Å². The maximum absolute atomic E-state index is 13.6. The molecular formula is C22H25N3O5S2. The second-order valence-corrected chi connectivity index (χ2v) is 10.7. The van der Waals surface area contributed by atoms with Gasteiger partial charge in [0.05, 0.1) is 23.4 Å². The number of anilines is 2. The van der Waals surface area contributed by atoms with Crippen LogP contribution >= 0.6 is 11.8 Å². The van der Waals surface area contributed by atoms with Gasteiger partial charge in [0.25, 0.3) is 5.91 Å². The minimum atomic E-state index is -3.72. The fourth-order valence-electron chi connectivity index (χ4n) is 4.18. The Balaban J connectivity index is 1.70. The summed E-state index contributed by atoms with van der Waals surface area (Å²) < 4.78 is 32.7. The van der Waals surface area contributed by atoms with Crippen LogP contribution in [0.1, 0.15) is 26.7 Å². The molecule has 10 heteroatoms. The van der Waals surface area contributed by atoms with Gasteiger partial charge < -0.3 is 10.1 Å². The van der Waals surface area contributed by atoms with E-state index in [0.717, 1.165) is 10.6 Å². The van der Waals surface area contributed by atoms with Gasteiger partial charge >= 0.3 is 0 Å². The second kappa shape index (κ2) is 8.42. The molecule has 0 aromatic heterocycles. The van der Waals surface area contributed by atoms with Gasteiger partial charge in [-0.15, -0.1) is 0 Å². The molecule has 2 aromatic rings. The number of hydrogen-bond acceptors (Lipinski definition) is 6. The normalized spacial score (nSPS) is 19.8. The summed E-state index contributed by atoms with van der Waals surface area (Å²) in [7, 11) is -2.27. The monoisotopic (exact) mass is 475 g/mol. The summed E-state index contributed by atoms with van der Waals surface area (Å²) >= 11 is 1.35. The summed E-state index contributed by atoms with van der Waals surface area (Å²) in [5.41, 5.74) is 0.968. The number of thioether (sulfide) groups is 1. The largest absolute Gasteiger partial charge is 0.495 e. The summed E-state index contributed by atoms with van der Waals surface area (Å²) in [6.45, 7) is 4.21. The average Bonchev–Trinajstić information content (AvgIpc) is 3.30. The number of rotatable bonds is 7. The molecule has 1 fully saturated rings. The third-order valence-corrected chi connectivity index (χ3v) is 9.31. The van der Waals surface area contributed by atoms with Crippen LogP contribution in [-0.4, -0.2) is 49.6 Å². The molecule has 0 radical (unpaired) electrons. The molecule has 2 aliphatic rings. The number of nitrogens with one attached hydrogen (secondary N) is 1. The number of hydrogen-bond donors (Lipinski definition) is 1. The number of sulfonamides is 1. The van der Waals surface area contributed by atoms with Gasteiger partial charge in [0.1, 0.15) is 5.75 Å². The minimum absolute atomic E-state index is 0.0662. The van der Waals surface area contributed by atoms with Crippen molar-refractivity contribution in [3.63, 3.8) is 0 Å². The summed E-state index contributed by atoms with van der Waals surface area (Å²) in [6, 6.07) is 11.8. The number of carbonyl (C=O) groups excluding carboxylic acids is 2. The van der Waals surface area contributed by atoms with Crippen molar-refractivity contribution in [1.29, 1.82) is 0 Å². The molecule has 0 aliphatic carbocycles. The Morgan fingerprint density at radius 2 is 1.94 bits per heavy atom. The number of carbonyl (C=O) groups is 2. The van der Waals surface area contributed by atoms with E-state index in [1.54, 1.807) is 18.7 Å². The standard InChI is InChI=1S/C22H25N3O5S2/c1-4-24(5-2)32(28,29)15-10-11-18(30-3)16(14-15)23-21(27)22-13-12-20(26)25(22)17-8-6-7-9-19(17)31-22/h6-11,14H,4-5,12-13H2,1-3H3,(H,23,27)/t22-/m0/s1.